The number of carbonyl (C=O) groups is 2. The Morgan fingerprint density at radius 3 is 1.84 bits per heavy atom. The van der Waals surface area contributed by atoms with E-state index in [-0.39, 0.29) is 24.0 Å². The van der Waals surface area contributed by atoms with Gasteiger partial charge in [0, 0.05) is 31.8 Å². The van der Waals surface area contributed by atoms with Gasteiger partial charge in [0.25, 0.3) is 5.69 Å². The van der Waals surface area contributed by atoms with Crippen LogP contribution in [0.15, 0.2) is 24.3 Å². The highest BCUT2D eigenvalue weighted by molar-refractivity contribution is 5.68. The molecule has 208 valence electrons. The molecule has 0 aliphatic carbocycles. The topological polar surface area (TPSA) is 132 Å². The van der Waals surface area contributed by atoms with E-state index in [2.05, 4.69) is 0 Å². The molecule has 2 amide bonds. The van der Waals surface area contributed by atoms with Gasteiger partial charge in [-0.2, -0.15) is 0 Å². The van der Waals surface area contributed by atoms with Gasteiger partial charge in [-0.3, -0.25) is 10.1 Å². The number of carbonyl (C=O) groups excluding carboxylic acids is 2. The summed E-state index contributed by atoms with van der Waals surface area (Å²) in [5.41, 5.74) is -0.959. The second-order valence-corrected chi connectivity index (χ2v) is 11.3. The number of piperidine rings is 2. The molecule has 11 heteroatoms. The molecular formula is C26H41N3O8. The highest BCUT2D eigenvalue weighted by atomic mass is 16.6. The highest BCUT2D eigenvalue weighted by Gasteiger charge is 2.29. The molecule has 37 heavy (non-hydrogen) atoms. The lowest BCUT2D eigenvalue weighted by molar-refractivity contribution is -0.384. The van der Waals surface area contributed by atoms with E-state index in [0.717, 1.165) is 25.7 Å². The summed E-state index contributed by atoms with van der Waals surface area (Å²) in [4.78, 5) is 37.1. The summed E-state index contributed by atoms with van der Waals surface area (Å²) in [5, 5.41) is 20.0. The van der Waals surface area contributed by atoms with Crippen molar-refractivity contribution in [3.8, 4) is 5.75 Å². The largest absolute Gasteiger partial charge is 0.489 e. The van der Waals surface area contributed by atoms with E-state index in [1.54, 1.807) is 21.9 Å². The van der Waals surface area contributed by atoms with E-state index in [0.29, 0.717) is 31.9 Å². The minimum atomic E-state index is -0.525. The maximum absolute atomic E-state index is 12.1. The van der Waals surface area contributed by atoms with Crippen LogP contribution in [0.5, 0.6) is 5.75 Å². The summed E-state index contributed by atoms with van der Waals surface area (Å²) < 4.78 is 16.4. The molecule has 2 fully saturated rings. The molecule has 2 unspecified atom stereocenters. The molecule has 2 heterocycles. The van der Waals surface area contributed by atoms with Crippen molar-refractivity contribution in [2.45, 2.75) is 90.6 Å². The number of nitro groups is 1. The summed E-state index contributed by atoms with van der Waals surface area (Å²) in [7, 11) is 0. The average molecular weight is 524 g/mol. The SMILES string of the molecule is CC(C)(C)OC(=O)N1CCCC(O)C1.CC(C)(C)OC(=O)N1CCCC(Oc2ccc([N+](=O)[O-])cc2)C1. The average Bonchev–Trinajstić information content (AvgIpc) is 2.78. The van der Waals surface area contributed by atoms with Crippen molar-refractivity contribution in [2.24, 2.45) is 0 Å². The van der Waals surface area contributed by atoms with E-state index in [1.807, 2.05) is 41.5 Å². The molecule has 0 spiro atoms. The number of ether oxygens (including phenoxy) is 3. The number of hydrogen-bond acceptors (Lipinski definition) is 8. The van der Waals surface area contributed by atoms with E-state index >= 15 is 0 Å². The van der Waals surface area contributed by atoms with Crippen LogP contribution in [0.4, 0.5) is 15.3 Å². The molecule has 1 aromatic rings. The van der Waals surface area contributed by atoms with Crippen molar-refractivity contribution in [1.82, 2.24) is 9.80 Å². The Morgan fingerprint density at radius 1 is 0.892 bits per heavy atom. The van der Waals surface area contributed by atoms with Crippen molar-refractivity contribution in [3.05, 3.63) is 34.4 Å². The lowest BCUT2D eigenvalue weighted by Gasteiger charge is -2.34. The molecule has 2 saturated heterocycles. The number of benzene rings is 1. The number of amides is 2. The van der Waals surface area contributed by atoms with Gasteiger partial charge in [0.2, 0.25) is 0 Å². The first-order valence-electron chi connectivity index (χ1n) is 12.7. The molecule has 0 saturated carbocycles. The Kier molecular flexibility index (Phi) is 10.5. The predicted molar refractivity (Wildman–Crippen MR) is 138 cm³/mol. The number of rotatable bonds is 3. The fourth-order valence-corrected chi connectivity index (χ4v) is 3.81. The van der Waals surface area contributed by atoms with Crippen molar-refractivity contribution in [2.75, 3.05) is 26.2 Å². The fourth-order valence-electron chi connectivity index (χ4n) is 3.81. The van der Waals surface area contributed by atoms with Gasteiger partial charge in [-0.15, -0.1) is 0 Å². The van der Waals surface area contributed by atoms with Gasteiger partial charge < -0.3 is 29.1 Å². The van der Waals surface area contributed by atoms with E-state index in [9.17, 15) is 24.8 Å². The van der Waals surface area contributed by atoms with Gasteiger partial charge in [0.1, 0.15) is 23.1 Å². The summed E-state index contributed by atoms with van der Waals surface area (Å²) in [6.07, 6.45) is 2.09. The quantitative estimate of drug-likeness (QED) is 0.443. The van der Waals surface area contributed by atoms with E-state index < -0.39 is 22.2 Å². The van der Waals surface area contributed by atoms with Gasteiger partial charge in [0.05, 0.1) is 17.6 Å². The summed E-state index contributed by atoms with van der Waals surface area (Å²) in [6, 6.07) is 5.96. The van der Waals surface area contributed by atoms with Gasteiger partial charge in [0.15, 0.2) is 0 Å². The first-order chi connectivity index (χ1) is 17.1. The molecule has 2 atom stereocenters. The van der Waals surface area contributed by atoms with Gasteiger partial charge >= 0.3 is 12.2 Å². The third kappa shape index (κ3) is 11.2. The van der Waals surface area contributed by atoms with Crippen LogP contribution in [-0.4, -0.2) is 81.6 Å². The Labute approximate surface area is 218 Å². The number of hydrogen-bond donors (Lipinski definition) is 1. The Morgan fingerprint density at radius 2 is 1.38 bits per heavy atom. The lowest BCUT2D eigenvalue weighted by atomic mass is 10.1. The number of nitro benzene ring substituents is 1. The minimum Gasteiger partial charge on any atom is -0.489 e. The zero-order valence-corrected chi connectivity index (χ0v) is 22.8. The molecule has 0 bridgehead atoms. The fraction of sp³-hybridized carbons (Fsp3) is 0.692. The van der Waals surface area contributed by atoms with Crippen LogP contribution in [-0.2, 0) is 9.47 Å². The van der Waals surface area contributed by atoms with Crippen molar-refractivity contribution in [3.63, 3.8) is 0 Å². The molecule has 11 nitrogen and oxygen atoms in total. The smallest absolute Gasteiger partial charge is 0.410 e. The molecule has 2 aliphatic heterocycles. The number of nitrogens with zero attached hydrogens (tertiary/aromatic N) is 3. The van der Waals surface area contributed by atoms with Crippen LogP contribution in [0, 0.1) is 10.1 Å². The number of non-ortho nitro benzene ring substituents is 1. The maximum Gasteiger partial charge on any atom is 0.410 e. The third-order valence-electron chi connectivity index (χ3n) is 5.43. The minimum absolute atomic E-state index is 0.0244. The molecule has 1 N–H and O–H groups in total. The van der Waals surface area contributed by atoms with Crippen molar-refractivity contribution < 1.29 is 33.8 Å². The second-order valence-electron chi connectivity index (χ2n) is 11.3. The first kappa shape index (κ1) is 30.1. The van der Waals surface area contributed by atoms with Crippen LogP contribution >= 0.6 is 0 Å². The van der Waals surface area contributed by atoms with Crippen molar-refractivity contribution in [1.29, 1.82) is 0 Å². The van der Waals surface area contributed by atoms with Crippen LogP contribution in [0.3, 0.4) is 0 Å². The molecular weight excluding hydrogens is 482 g/mol. The molecule has 3 rings (SSSR count). The Bertz CT molecular complexity index is 908. The summed E-state index contributed by atoms with van der Waals surface area (Å²) in [5.74, 6) is 0.562. The highest BCUT2D eigenvalue weighted by Crippen LogP contribution is 2.22. The van der Waals surface area contributed by atoms with Crippen LogP contribution in [0.25, 0.3) is 0 Å². The van der Waals surface area contributed by atoms with Crippen LogP contribution in [0.1, 0.15) is 67.2 Å². The molecule has 2 aliphatic rings. The van der Waals surface area contributed by atoms with Gasteiger partial charge in [-0.05, 0) is 79.4 Å². The first-order valence-corrected chi connectivity index (χ1v) is 12.7. The molecule has 0 aromatic heterocycles. The van der Waals surface area contributed by atoms with Gasteiger partial charge in [-0.1, -0.05) is 0 Å². The number of β-amino-alcohol motifs (C(OH)–C–C–N with tert-alkyl or cyclic N) is 1. The van der Waals surface area contributed by atoms with E-state index in [1.165, 1.54) is 12.1 Å². The summed E-state index contributed by atoms with van der Waals surface area (Å²) >= 11 is 0. The number of aliphatic hydroxyl groups is 1. The standard InChI is InChI=1S/C16H22N2O5.C10H19NO3/c1-16(2,3)23-15(19)17-10-4-5-14(11-17)22-13-8-6-12(7-9-13)18(20)21;1-10(2,3)14-9(13)11-6-4-5-8(12)7-11/h6-9,14H,4-5,10-11H2,1-3H3;8,12H,4-7H2,1-3H3. The van der Waals surface area contributed by atoms with E-state index in [4.69, 9.17) is 14.2 Å². The Hall–Kier alpha value is -3.08. The Balaban J connectivity index is 0.000000294. The van der Waals surface area contributed by atoms with Gasteiger partial charge in [-0.25, -0.2) is 9.59 Å². The zero-order valence-electron chi connectivity index (χ0n) is 22.8. The third-order valence-corrected chi connectivity index (χ3v) is 5.43. The molecule has 1 aromatic carbocycles. The zero-order chi connectivity index (χ0) is 27.8. The number of likely N-dealkylation sites (tertiary alicyclic amines) is 2. The molecule has 0 radical (unpaired) electrons. The predicted octanol–water partition coefficient (Wildman–Crippen LogP) is 4.75. The lowest BCUT2D eigenvalue weighted by Crippen LogP contribution is -2.46. The monoisotopic (exact) mass is 523 g/mol. The van der Waals surface area contributed by atoms with Crippen LogP contribution < -0.4 is 4.74 Å². The second kappa shape index (κ2) is 12.9. The van der Waals surface area contributed by atoms with Crippen LogP contribution in [0.2, 0.25) is 0 Å². The number of aliphatic hydroxyl groups excluding tert-OH is 1. The summed E-state index contributed by atoms with van der Waals surface area (Å²) in [6.45, 7) is 13.2. The normalized spacial score (nSPS) is 20.3. The van der Waals surface area contributed by atoms with Crippen molar-refractivity contribution >= 4 is 17.9 Å². The maximum atomic E-state index is 12.1.